The highest BCUT2D eigenvalue weighted by atomic mass is 35.5. The number of imidazole rings is 1. The van der Waals surface area contributed by atoms with E-state index in [1.54, 1.807) is 19.6 Å². The van der Waals surface area contributed by atoms with E-state index in [4.69, 9.17) is 21.3 Å². The molecule has 8 heteroatoms. The number of ether oxygens (including phenoxy) is 1. The van der Waals surface area contributed by atoms with Crippen LogP contribution in [0.15, 0.2) is 42.9 Å². The number of hydrogen-bond acceptors (Lipinski definition) is 5. The molecular weight excluding hydrogens is 376 g/mol. The standard InChI is InChI=1S/C20H23ClN6O/c1-13(2)15-6-4-5-9-27-19(15)24-20(25-27)23-14-7-8-16(17(10-14)28-3)26-11-18(21)22-12-26/h4-5,7-8,10-13,15H,6,9H2,1-3H3,(H,23,25). The van der Waals surface area contributed by atoms with Crippen molar-refractivity contribution in [3.63, 3.8) is 0 Å². The number of fused-ring (bicyclic) bond motifs is 1. The first-order valence-electron chi connectivity index (χ1n) is 9.30. The van der Waals surface area contributed by atoms with Crippen LogP contribution in [0.4, 0.5) is 11.6 Å². The van der Waals surface area contributed by atoms with Gasteiger partial charge in [0.05, 0.1) is 19.3 Å². The van der Waals surface area contributed by atoms with Gasteiger partial charge >= 0.3 is 0 Å². The maximum Gasteiger partial charge on any atom is 0.246 e. The predicted molar refractivity (Wildman–Crippen MR) is 110 cm³/mol. The highest BCUT2D eigenvalue weighted by Gasteiger charge is 2.23. The first-order chi connectivity index (χ1) is 13.5. The van der Waals surface area contributed by atoms with Gasteiger partial charge in [0.2, 0.25) is 5.95 Å². The minimum atomic E-state index is 0.365. The van der Waals surface area contributed by atoms with Crippen LogP contribution in [0, 0.1) is 5.92 Å². The fraction of sp³-hybridized carbons (Fsp3) is 0.350. The van der Waals surface area contributed by atoms with Crippen molar-refractivity contribution in [3.05, 3.63) is 53.9 Å². The van der Waals surface area contributed by atoms with Gasteiger partial charge in [0.1, 0.15) is 23.1 Å². The van der Waals surface area contributed by atoms with Crippen molar-refractivity contribution >= 4 is 23.2 Å². The molecule has 0 fully saturated rings. The summed E-state index contributed by atoms with van der Waals surface area (Å²) in [7, 11) is 1.64. The number of halogens is 1. The summed E-state index contributed by atoms with van der Waals surface area (Å²) >= 11 is 5.93. The van der Waals surface area contributed by atoms with Gasteiger partial charge < -0.3 is 14.6 Å². The second kappa shape index (κ2) is 7.67. The van der Waals surface area contributed by atoms with Crippen LogP contribution in [-0.2, 0) is 6.54 Å². The monoisotopic (exact) mass is 398 g/mol. The molecule has 0 aliphatic carbocycles. The number of anilines is 2. The Labute approximate surface area is 169 Å². The zero-order valence-corrected chi connectivity index (χ0v) is 16.9. The lowest BCUT2D eigenvalue weighted by Gasteiger charge is -2.16. The molecule has 7 nitrogen and oxygen atoms in total. The number of methoxy groups -OCH3 is 1. The molecule has 28 heavy (non-hydrogen) atoms. The lowest BCUT2D eigenvalue weighted by molar-refractivity contribution is 0.413. The fourth-order valence-corrected chi connectivity index (χ4v) is 3.59. The largest absolute Gasteiger partial charge is 0.494 e. The summed E-state index contributed by atoms with van der Waals surface area (Å²) in [6, 6.07) is 5.81. The van der Waals surface area contributed by atoms with Crippen molar-refractivity contribution in [2.24, 2.45) is 5.92 Å². The molecule has 1 aliphatic rings. The van der Waals surface area contributed by atoms with E-state index in [0.29, 0.717) is 28.7 Å². The molecule has 2 aromatic heterocycles. The molecule has 1 unspecified atom stereocenters. The molecule has 146 valence electrons. The van der Waals surface area contributed by atoms with E-state index in [2.05, 4.69) is 41.4 Å². The fourth-order valence-electron chi connectivity index (χ4n) is 3.44. The zero-order chi connectivity index (χ0) is 19.7. The summed E-state index contributed by atoms with van der Waals surface area (Å²) in [5.74, 6) is 3.18. The molecular formula is C20H23ClN6O. The van der Waals surface area contributed by atoms with E-state index in [0.717, 1.165) is 30.2 Å². The Kier molecular flexibility index (Phi) is 5.09. The van der Waals surface area contributed by atoms with Crippen molar-refractivity contribution in [2.45, 2.75) is 32.7 Å². The van der Waals surface area contributed by atoms with Gasteiger partial charge in [-0.25, -0.2) is 9.67 Å². The van der Waals surface area contributed by atoms with Gasteiger partial charge in [-0.3, -0.25) is 0 Å². The van der Waals surface area contributed by atoms with Crippen molar-refractivity contribution in [2.75, 3.05) is 12.4 Å². The molecule has 0 spiro atoms. The number of aromatic nitrogens is 5. The van der Waals surface area contributed by atoms with Gasteiger partial charge in [0, 0.05) is 23.9 Å². The molecule has 3 aromatic rings. The predicted octanol–water partition coefficient (Wildman–Crippen LogP) is 4.57. The number of rotatable bonds is 5. The van der Waals surface area contributed by atoms with Crippen LogP contribution in [0.2, 0.25) is 5.15 Å². The Morgan fingerprint density at radius 3 is 2.86 bits per heavy atom. The van der Waals surface area contributed by atoms with Gasteiger partial charge in [0.25, 0.3) is 0 Å². The van der Waals surface area contributed by atoms with Gasteiger partial charge in [-0.15, -0.1) is 5.10 Å². The van der Waals surface area contributed by atoms with Crippen LogP contribution in [0.3, 0.4) is 0 Å². The smallest absolute Gasteiger partial charge is 0.246 e. The van der Waals surface area contributed by atoms with Crippen LogP contribution in [0.5, 0.6) is 5.75 Å². The Hall–Kier alpha value is -2.80. The molecule has 1 N–H and O–H groups in total. The minimum Gasteiger partial charge on any atom is -0.494 e. The van der Waals surface area contributed by atoms with E-state index in [1.807, 2.05) is 27.4 Å². The first kappa shape index (κ1) is 18.6. The van der Waals surface area contributed by atoms with Gasteiger partial charge in [0.15, 0.2) is 0 Å². The van der Waals surface area contributed by atoms with Crippen LogP contribution < -0.4 is 10.1 Å². The lowest BCUT2D eigenvalue weighted by atomic mass is 9.92. The topological polar surface area (TPSA) is 69.8 Å². The minimum absolute atomic E-state index is 0.365. The summed E-state index contributed by atoms with van der Waals surface area (Å²) in [5, 5.41) is 8.38. The molecule has 0 saturated carbocycles. The third kappa shape index (κ3) is 3.62. The quantitative estimate of drug-likeness (QED) is 0.637. The Morgan fingerprint density at radius 1 is 1.29 bits per heavy atom. The summed E-state index contributed by atoms with van der Waals surface area (Å²) in [6.07, 6.45) is 8.76. The molecule has 0 saturated heterocycles. The van der Waals surface area contributed by atoms with Crippen molar-refractivity contribution in [1.29, 1.82) is 0 Å². The molecule has 0 bridgehead atoms. The Morgan fingerprint density at radius 2 is 2.14 bits per heavy atom. The van der Waals surface area contributed by atoms with Crippen LogP contribution in [0.1, 0.15) is 32.0 Å². The molecule has 0 amide bonds. The van der Waals surface area contributed by atoms with Crippen molar-refractivity contribution < 1.29 is 4.74 Å². The number of hydrogen-bond donors (Lipinski definition) is 1. The second-order valence-electron chi connectivity index (χ2n) is 7.15. The summed E-state index contributed by atoms with van der Waals surface area (Å²) < 4.78 is 9.35. The molecule has 4 rings (SSSR count). The van der Waals surface area contributed by atoms with Gasteiger partial charge in [-0.2, -0.15) is 4.98 Å². The second-order valence-corrected chi connectivity index (χ2v) is 7.54. The van der Waals surface area contributed by atoms with Gasteiger partial charge in [-0.1, -0.05) is 37.6 Å². The third-order valence-electron chi connectivity index (χ3n) is 4.94. The van der Waals surface area contributed by atoms with Crippen LogP contribution in [0.25, 0.3) is 5.69 Å². The molecule has 1 aliphatic heterocycles. The lowest BCUT2D eigenvalue weighted by Crippen LogP contribution is -2.12. The summed E-state index contributed by atoms with van der Waals surface area (Å²) in [4.78, 5) is 8.83. The van der Waals surface area contributed by atoms with E-state index < -0.39 is 0 Å². The average Bonchev–Trinajstić information content (AvgIpc) is 3.22. The van der Waals surface area contributed by atoms with E-state index in [9.17, 15) is 0 Å². The zero-order valence-electron chi connectivity index (χ0n) is 16.1. The summed E-state index contributed by atoms with van der Waals surface area (Å²) in [5.41, 5.74) is 1.70. The maximum absolute atomic E-state index is 5.93. The SMILES string of the molecule is COc1cc(Nc2nc3n(n2)CC=CCC3C(C)C)ccc1-n1cnc(Cl)c1. The average molecular weight is 399 g/mol. The Balaban J connectivity index is 1.61. The van der Waals surface area contributed by atoms with E-state index in [-0.39, 0.29) is 0 Å². The van der Waals surface area contributed by atoms with Crippen molar-refractivity contribution in [3.8, 4) is 11.4 Å². The number of allylic oxidation sites excluding steroid dienone is 2. The number of benzene rings is 1. The summed E-state index contributed by atoms with van der Waals surface area (Å²) in [6.45, 7) is 5.20. The number of nitrogens with one attached hydrogen (secondary N) is 1. The van der Waals surface area contributed by atoms with Crippen molar-refractivity contribution in [1.82, 2.24) is 24.3 Å². The molecule has 0 radical (unpaired) electrons. The highest BCUT2D eigenvalue weighted by Crippen LogP contribution is 2.31. The first-order valence-corrected chi connectivity index (χ1v) is 9.67. The van der Waals surface area contributed by atoms with Crippen LogP contribution in [-0.4, -0.2) is 31.4 Å². The molecule has 3 heterocycles. The normalized spacial score (nSPS) is 16.1. The number of nitrogens with zero attached hydrogens (tertiary/aromatic N) is 5. The van der Waals surface area contributed by atoms with Gasteiger partial charge in [-0.05, 0) is 24.5 Å². The van der Waals surface area contributed by atoms with E-state index in [1.165, 1.54) is 0 Å². The maximum atomic E-state index is 5.93. The van der Waals surface area contributed by atoms with Crippen LogP contribution >= 0.6 is 11.6 Å². The third-order valence-corrected chi connectivity index (χ3v) is 5.13. The molecule has 1 atom stereocenters. The highest BCUT2D eigenvalue weighted by molar-refractivity contribution is 6.29. The molecule has 1 aromatic carbocycles. The Bertz CT molecular complexity index is 1010. The van der Waals surface area contributed by atoms with E-state index >= 15 is 0 Å².